The normalized spacial score (nSPS) is 12.4. The van der Waals surface area contributed by atoms with Crippen LogP contribution in [0.4, 0.5) is 0 Å². The third kappa shape index (κ3) is 3.13. The zero-order valence-electron chi connectivity index (χ0n) is 11.6. The predicted octanol–water partition coefficient (Wildman–Crippen LogP) is 5.21. The molecule has 0 spiro atoms. The molecule has 1 nitrogen and oxygen atoms in total. The second kappa shape index (κ2) is 6.44. The maximum absolute atomic E-state index is 6.58. The van der Waals surface area contributed by atoms with Gasteiger partial charge >= 0.3 is 0 Å². The highest BCUT2D eigenvalue weighted by atomic mass is 35.5. The number of thiophene rings is 1. The fourth-order valence-corrected chi connectivity index (χ4v) is 3.43. The van der Waals surface area contributed by atoms with Crippen molar-refractivity contribution in [2.45, 2.75) is 32.1 Å². The molecule has 0 bridgehead atoms. The van der Waals surface area contributed by atoms with E-state index in [1.54, 1.807) is 18.4 Å². The summed E-state index contributed by atoms with van der Waals surface area (Å²) >= 11 is 8.22. The van der Waals surface area contributed by atoms with E-state index in [4.69, 9.17) is 16.3 Å². The first kappa shape index (κ1) is 14.4. The lowest BCUT2D eigenvalue weighted by Crippen LogP contribution is -1.96. The molecule has 0 N–H and O–H groups in total. The van der Waals surface area contributed by atoms with Crippen LogP contribution in [0.25, 0.3) is 0 Å². The average Bonchev–Trinajstić information content (AvgIpc) is 2.94. The van der Waals surface area contributed by atoms with Crippen molar-refractivity contribution in [3.63, 3.8) is 0 Å². The lowest BCUT2D eigenvalue weighted by atomic mass is 9.98. The Morgan fingerprint density at radius 2 is 1.89 bits per heavy atom. The van der Waals surface area contributed by atoms with Crippen LogP contribution in [0, 0.1) is 0 Å². The van der Waals surface area contributed by atoms with Gasteiger partial charge in [0.2, 0.25) is 0 Å². The van der Waals surface area contributed by atoms with Gasteiger partial charge in [-0.3, -0.25) is 0 Å². The van der Waals surface area contributed by atoms with Crippen molar-refractivity contribution in [1.82, 2.24) is 0 Å². The van der Waals surface area contributed by atoms with Crippen LogP contribution in [0.1, 0.15) is 40.8 Å². The second-order valence-corrected chi connectivity index (χ2v) is 5.87. The van der Waals surface area contributed by atoms with Crippen LogP contribution in [0.15, 0.2) is 29.6 Å². The Kier molecular flexibility index (Phi) is 4.89. The van der Waals surface area contributed by atoms with Crippen molar-refractivity contribution in [2.24, 2.45) is 0 Å². The summed E-state index contributed by atoms with van der Waals surface area (Å²) in [6.45, 7) is 4.38. The first-order valence-corrected chi connectivity index (χ1v) is 7.89. The number of hydrogen-bond donors (Lipinski definition) is 0. The minimum Gasteiger partial charge on any atom is -0.496 e. The van der Waals surface area contributed by atoms with Gasteiger partial charge in [-0.1, -0.05) is 32.0 Å². The van der Waals surface area contributed by atoms with E-state index in [0.717, 1.165) is 23.5 Å². The monoisotopic (exact) mass is 294 g/mol. The van der Waals surface area contributed by atoms with Gasteiger partial charge in [0, 0.05) is 10.3 Å². The first-order valence-electron chi connectivity index (χ1n) is 6.57. The van der Waals surface area contributed by atoms with Crippen molar-refractivity contribution >= 4 is 22.9 Å². The molecule has 0 amide bonds. The van der Waals surface area contributed by atoms with Crippen molar-refractivity contribution in [2.75, 3.05) is 7.11 Å². The third-order valence-corrected chi connectivity index (χ3v) is 4.96. The fraction of sp³-hybridized carbons (Fsp3) is 0.375. The maximum Gasteiger partial charge on any atom is 0.129 e. The Bertz CT molecular complexity index is 547. The Hall–Kier alpha value is -0.990. The molecule has 102 valence electrons. The van der Waals surface area contributed by atoms with E-state index >= 15 is 0 Å². The molecule has 2 aromatic rings. The van der Waals surface area contributed by atoms with Gasteiger partial charge in [0.25, 0.3) is 0 Å². The van der Waals surface area contributed by atoms with Crippen LogP contribution in [0.3, 0.4) is 0 Å². The van der Waals surface area contributed by atoms with Crippen molar-refractivity contribution < 1.29 is 4.74 Å². The topological polar surface area (TPSA) is 9.23 Å². The minimum atomic E-state index is -0.0925. The van der Waals surface area contributed by atoms with Gasteiger partial charge in [-0.15, -0.1) is 22.9 Å². The summed E-state index contributed by atoms with van der Waals surface area (Å²) in [5.41, 5.74) is 3.98. The number of rotatable bonds is 5. The highest BCUT2D eigenvalue weighted by Gasteiger charge is 2.15. The zero-order valence-corrected chi connectivity index (χ0v) is 13.1. The molecule has 0 aliphatic rings. The van der Waals surface area contributed by atoms with Crippen LogP contribution in [0.5, 0.6) is 5.75 Å². The number of benzene rings is 1. The van der Waals surface area contributed by atoms with Gasteiger partial charge in [-0.2, -0.15) is 0 Å². The van der Waals surface area contributed by atoms with E-state index in [1.807, 2.05) is 11.4 Å². The molecule has 0 fully saturated rings. The lowest BCUT2D eigenvalue weighted by molar-refractivity contribution is 0.416. The summed E-state index contributed by atoms with van der Waals surface area (Å²) in [6, 6.07) is 8.60. The second-order valence-electron chi connectivity index (χ2n) is 4.49. The van der Waals surface area contributed by atoms with Crippen molar-refractivity contribution in [1.29, 1.82) is 0 Å². The Morgan fingerprint density at radius 3 is 2.47 bits per heavy atom. The molecule has 1 aromatic carbocycles. The molecule has 0 radical (unpaired) electrons. The van der Waals surface area contributed by atoms with Crippen LogP contribution in [0.2, 0.25) is 0 Å². The molecule has 0 aliphatic carbocycles. The highest BCUT2D eigenvalue weighted by molar-refractivity contribution is 7.10. The SMILES string of the molecule is CCc1ccc(C(Cl)c2cc(OC)cs2)cc1CC. The number of halogens is 1. The Labute approximate surface area is 124 Å². The molecule has 2 rings (SSSR count). The molecule has 0 saturated carbocycles. The molecule has 1 atom stereocenters. The van der Waals surface area contributed by atoms with Crippen LogP contribution >= 0.6 is 22.9 Å². The van der Waals surface area contributed by atoms with Gasteiger partial charge < -0.3 is 4.74 Å². The number of ether oxygens (including phenoxy) is 1. The summed E-state index contributed by atoms with van der Waals surface area (Å²) in [5.74, 6) is 0.881. The summed E-state index contributed by atoms with van der Waals surface area (Å²) in [5, 5.41) is 1.90. The average molecular weight is 295 g/mol. The maximum atomic E-state index is 6.58. The molecular formula is C16H19ClOS. The number of methoxy groups -OCH3 is 1. The van der Waals surface area contributed by atoms with Gasteiger partial charge in [-0.25, -0.2) is 0 Å². The van der Waals surface area contributed by atoms with Gasteiger partial charge in [0.1, 0.15) is 5.75 Å². The summed E-state index contributed by atoms with van der Waals surface area (Å²) in [7, 11) is 1.68. The smallest absolute Gasteiger partial charge is 0.129 e. The molecular weight excluding hydrogens is 276 g/mol. The van der Waals surface area contributed by atoms with E-state index in [2.05, 4.69) is 32.0 Å². The van der Waals surface area contributed by atoms with E-state index in [0.29, 0.717) is 0 Å². The third-order valence-electron chi connectivity index (χ3n) is 3.37. The molecule has 1 unspecified atom stereocenters. The molecule has 0 saturated heterocycles. The minimum absolute atomic E-state index is 0.0925. The van der Waals surface area contributed by atoms with Crippen LogP contribution < -0.4 is 4.74 Å². The Morgan fingerprint density at radius 1 is 1.16 bits per heavy atom. The first-order chi connectivity index (χ1) is 9.19. The zero-order chi connectivity index (χ0) is 13.8. The summed E-state index contributed by atoms with van der Waals surface area (Å²) in [4.78, 5) is 1.13. The predicted molar refractivity (Wildman–Crippen MR) is 83.8 cm³/mol. The van der Waals surface area contributed by atoms with Gasteiger partial charge in [0.05, 0.1) is 12.5 Å². The van der Waals surface area contributed by atoms with Crippen molar-refractivity contribution in [3.05, 3.63) is 51.2 Å². The van der Waals surface area contributed by atoms with E-state index in [9.17, 15) is 0 Å². The molecule has 1 aromatic heterocycles. The standard InChI is InChI=1S/C16H19ClOS/c1-4-11-6-7-13(8-12(11)5-2)16(17)15-9-14(18-3)10-19-15/h6-10,16H,4-5H2,1-3H3. The molecule has 3 heteroatoms. The van der Waals surface area contributed by atoms with Gasteiger partial charge in [-0.05, 0) is 35.6 Å². The van der Waals surface area contributed by atoms with Crippen LogP contribution in [-0.2, 0) is 12.8 Å². The summed E-state index contributed by atoms with van der Waals surface area (Å²) in [6.07, 6.45) is 2.12. The van der Waals surface area contributed by atoms with Crippen LogP contribution in [-0.4, -0.2) is 7.11 Å². The van der Waals surface area contributed by atoms with Crippen molar-refractivity contribution in [3.8, 4) is 5.75 Å². The number of aryl methyl sites for hydroxylation is 2. The van der Waals surface area contributed by atoms with E-state index in [1.165, 1.54) is 16.7 Å². The highest BCUT2D eigenvalue weighted by Crippen LogP contribution is 2.36. The fourth-order valence-electron chi connectivity index (χ4n) is 2.22. The molecule has 0 aliphatic heterocycles. The van der Waals surface area contributed by atoms with E-state index in [-0.39, 0.29) is 5.38 Å². The number of alkyl halides is 1. The van der Waals surface area contributed by atoms with E-state index < -0.39 is 0 Å². The largest absolute Gasteiger partial charge is 0.496 e. The lowest BCUT2D eigenvalue weighted by Gasteiger charge is -2.12. The summed E-state index contributed by atoms with van der Waals surface area (Å²) < 4.78 is 5.21. The molecule has 1 heterocycles. The quantitative estimate of drug-likeness (QED) is 0.688. The molecule has 19 heavy (non-hydrogen) atoms. The number of hydrogen-bond acceptors (Lipinski definition) is 2. The van der Waals surface area contributed by atoms with Gasteiger partial charge in [0.15, 0.2) is 0 Å². The Balaban J connectivity index is 2.30.